The molecule has 1 rings (SSSR count). The molecule has 0 amide bonds. The SMILES string of the molecule is CCc1cccc(C)c1S. The van der Waals surface area contributed by atoms with Gasteiger partial charge in [0.25, 0.3) is 0 Å². The Morgan fingerprint density at radius 2 is 2.10 bits per heavy atom. The van der Waals surface area contributed by atoms with Crippen molar-refractivity contribution in [2.24, 2.45) is 0 Å². The van der Waals surface area contributed by atoms with Crippen molar-refractivity contribution in [2.45, 2.75) is 25.2 Å². The van der Waals surface area contributed by atoms with Crippen molar-refractivity contribution in [2.75, 3.05) is 0 Å². The summed E-state index contributed by atoms with van der Waals surface area (Å²) >= 11 is 4.39. The number of thiol groups is 1. The molecule has 0 saturated heterocycles. The highest BCUT2D eigenvalue weighted by atomic mass is 32.1. The zero-order valence-electron chi connectivity index (χ0n) is 6.39. The fourth-order valence-corrected chi connectivity index (χ4v) is 1.31. The second kappa shape index (κ2) is 3.11. The van der Waals surface area contributed by atoms with Crippen LogP contribution in [0.2, 0.25) is 0 Å². The molecule has 10 heavy (non-hydrogen) atoms. The van der Waals surface area contributed by atoms with Crippen LogP contribution in [0.3, 0.4) is 0 Å². The summed E-state index contributed by atoms with van der Waals surface area (Å²) in [4.78, 5) is 1.14. The molecule has 0 aromatic heterocycles. The smallest absolute Gasteiger partial charge is 0.0101 e. The van der Waals surface area contributed by atoms with Crippen molar-refractivity contribution < 1.29 is 0 Å². The topological polar surface area (TPSA) is 0 Å². The van der Waals surface area contributed by atoms with Gasteiger partial charge in [0.15, 0.2) is 0 Å². The van der Waals surface area contributed by atoms with E-state index in [2.05, 4.69) is 44.7 Å². The third kappa shape index (κ3) is 1.35. The van der Waals surface area contributed by atoms with E-state index in [0.29, 0.717) is 0 Å². The zero-order chi connectivity index (χ0) is 7.56. The Bertz CT molecular complexity index is 228. The largest absolute Gasteiger partial charge is 0.143 e. The fraction of sp³-hybridized carbons (Fsp3) is 0.333. The van der Waals surface area contributed by atoms with Crippen molar-refractivity contribution in [3.05, 3.63) is 29.3 Å². The van der Waals surface area contributed by atoms with Crippen molar-refractivity contribution in [1.29, 1.82) is 0 Å². The lowest BCUT2D eigenvalue weighted by Gasteiger charge is -2.03. The Labute approximate surface area is 67.7 Å². The first-order chi connectivity index (χ1) is 4.75. The number of aryl methyl sites for hydroxylation is 2. The van der Waals surface area contributed by atoms with E-state index in [1.807, 2.05) is 0 Å². The van der Waals surface area contributed by atoms with Gasteiger partial charge in [-0.2, -0.15) is 0 Å². The highest BCUT2D eigenvalue weighted by Crippen LogP contribution is 2.17. The highest BCUT2D eigenvalue weighted by Gasteiger charge is 1.96. The Kier molecular flexibility index (Phi) is 2.39. The van der Waals surface area contributed by atoms with Gasteiger partial charge in [-0.3, -0.25) is 0 Å². The predicted octanol–water partition coefficient (Wildman–Crippen LogP) is 2.85. The third-order valence-corrected chi connectivity index (χ3v) is 2.34. The summed E-state index contributed by atoms with van der Waals surface area (Å²) in [5, 5.41) is 0. The molecular formula is C9H12S. The van der Waals surface area contributed by atoms with E-state index in [4.69, 9.17) is 0 Å². The van der Waals surface area contributed by atoms with Crippen LogP contribution in [0.15, 0.2) is 23.1 Å². The van der Waals surface area contributed by atoms with Gasteiger partial charge in [-0.05, 0) is 24.5 Å². The molecule has 0 heterocycles. The Hall–Kier alpha value is -0.430. The third-order valence-electron chi connectivity index (χ3n) is 1.70. The van der Waals surface area contributed by atoms with Gasteiger partial charge in [-0.15, -0.1) is 12.6 Å². The quantitative estimate of drug-likeness (QED) is 0.588. The van der Waals surface area contributed by atoms with Crippen LogP contribution < -0.4 is 0 Å². The van der Waals surface area contributed by atoms with E-state index < -0.39 is 0 Å². The molecule has 0 aliphatic heterocycles. The van der Waals surface area contributed by atoms with E-state index in [1.54, 1.807) is 0 Å². The Morgan fingerprint density at radius 3 is 2.60 bits per heavy atom. The van der Waals surface area contributed by atoms with Gasteiger partial charge in [0, 0.05) is 4.90 Å². The predicted molar refractivity (Wildman–Crippen MR) is 47.8 cm³/mol. The van der Waals surface area contributed by atoms with Crippen molar-refractivity contribution >= 4 is 12.6 Å². The van der Waals surface area contributed by atoms with Gasteiger partial charge in [0.05, 0.1) is 0 Å². The molecular weight excluding hydrogens is 140 g/mol. The van der Waals surface area contributed by atoms with Crippen LogP contribution in [0.4, 0.5) is 0 Å². The van der Waals surface area contributed by atoms with Crippen molar-refractivity contribution in [3.63, 3.8) is 0 Å². The Morgan fingerprint density at radius 1 is 1.40 bits per heavy atom. The lowest BCUT2D eigenvalue weighted by atomic mass is 10.1. The molecule has 0 saturated carbocycles. The molecule has 0 spiro atoms. The standard InChI is InChI=1S/C9H12S/c1-3-8-6-4-5-7(2)9(8)10/h4-6,10H,3H2,1-2H3. The molecule has 0 aliphatic carbocycles. The highest BCUT2D eigenvalue weighted by molar-refractivity contribution is 7.80. The average Bonchev–Trinajstić information content (AvgIpc) is 1.95. The van der Waals surface area contributed by atoms with Gasteiger partial charge in [0.1, 0.15) is 0 Å². The summed E-state index contributed by atoms with van der Waals surface area (Å²) in [7, 11) is 0. The second-order valence-corrected chi connectivity index (χ2v) is 2.88. The summed E-state index contributed by atoms with van der Waals surface area (Å²) < 4.78 is 0. The van der Waals surface area contributed by atoms with Gasteiger partial charge >= 0.3 is 0 Å². The van der Waals surface area contributed by atoms with E-state index in [1.165, 1.54) is 11.1 Å². The molecule has 0 bridgehead atoms. The molecule has 1 heteroatoms. The maximum atomic E-state index is 4.39. The first-order valence-electron chi connectivity index (χ1n) is 3.53. The van der Waals surface area contributed by atoms with Gasteiger partial charge < -0.3 is 0 Å². The van der Waals surface area contributed by atoms with Crippen LogP contribution in [0.25, 0.3) is 0 Å². The van der Waals surface area contributed by atoms with Crippen LogP contribution in [0.1, 0.15) is 18.1 Å². The summed E-state index contributed by atoms with van der Waals surface area (Å²) in [5.74, 6) is 0. The van der Waals surface area contributed by atoms with Crippen molar-refractivity contribution in [1.82, 2.24) is 0 Å². The minimum atomic E-state index is 1.07. The van der Waals surface area contributed by atoms with Crippen LogP contribution >= 0.6 is 12.6 Å². The summed E-state index contributed by atoms with van der Waals surface area (Å²) in [6.07, 6.45) is 1.07. The maximum Gasteiger partial charge on any atom is 0.0101 e. The van der Waals surface area contributed by atoms with Crippen LogP contribution in [-0.2, 0) is 6.42 Å². The van der Waals surface area contributed by atoms with Crippen LogP contribution in [0, 0.1) is 6.92 Å². The van der Waals surface area contributed by atoms with Crippen LogP contribution in [0.5, 0.6) is 0 Å². The monoisotopic (exact) mass is 152 g/mol. The summed E-state index contributed by atoms with van der Waals surface area (Å²) in [5.41, 5.74) is 2.60. The summed E-state index contributed by atoms with van der Waals surface area (Å²) in [6, 6.07) is 6.28. The fourth-order valence-electron chi connectivity index (χ4n) is 1.01. The summed E-state index contributed by atoms with van der Waals surface area (Å²) in [6.45, 7) is 4.23. The van der Waals surface area contributed by atoms with Crippen LogP contribution in [-0.4, -0.2) is 0 Å². The van der Waals surface area contributed by atoms with E-state index >= 15 is 0 Å². The molecule has 0 nitrogen and oxygen atoms in total. The minimum Gasteiger partial charge on any atom is -0.143 e. The normalized spacial score (nSPS) is 9.90. The molecule has 0 unspecified atom stereocenters. The van der Waals surface area contributed by atoms with Gasteiger partial charge in [-0.25, -0.2) is 0 Å². The zero-order valence-corrected chi connectivity index (χ0v) is 7.28. The number of rotatable bonds is 1. The molecule has 54 valence electrons. The molecule has 0 atom stereocenters. The maximum absolute atomic E-state index is 4.39. The molecule has 0 radical (unpaired) electrons. The first-order valence-corrected chi connectivity index (χ1v) is 3.98. The number of hydrogen-bond acceptors (Lipinski definition) is 1. The molecule has 0 N–H and O–H groups in total. The number of hydrogen-bond donors (Lipinski definition) is 1. The van der Waals surface area contributed by atoms with Gasteiger partial charge in [0.2, 0.25) is 0 Å². The van der Waals surface area contributed by atoms with E-state index in [-0.39, 0.29) is 0 Å². The lowest BCUT2D eigenvalue weighted by Crippen LogP contribution is -1.84. The van der Waals surface area contributed by atoms with E-state index in [9.17, 15) is 0 Å². The average molecular weight is 152 g/mol. The minimum absolute atomic E-state index is 1.07. The van der Waals surface area contributed by atoms with Crippen molar-refractivity contribution in [3.8, 4) is 0 Å². The van der Waals surface area contributed by atoms with Gasteiger partial charge in [-0.1, -0.05) is 25.1 Å². The molecule has 1 aromatic carbocycles. The first kappa shape index (κ1) is 7.67. The number of benzene rings is 1. The molecule has 0 fully saturated rings. The second-order valence-electron chi connectivity index (χ2n) is 2.44. The molecule has 0 aliphatic rings. The van der Waals surface area contributed by atoms with E-state index in [0.717, 1.165) is 11.3 Å². The Balaban J connectivity index is 3.14. The molecule has 1 aromatic rings. The lowest BCUT2D eigenvalue weighted by molar-refractivity contribution is 1.06.